The van der Waals surface area contributed by atoms with E-state index < -0.39 is 0 Å². The normalized spacial score (nSPS) is 14.8. The molecule has 1 fully saturated rings. The van der Waals surface area contributed by atoms with Crippen LogP contribution in [0.3, 0.4) is 0 Å². The molecule has 0 saturated carbocycles. The predicted molar refractivity (Wildman–Crippen MR) is 96.0 cm³/mol. The van der Waals surface area contributed by atoms with Gasteiger partial charge in [0, 0.05) is 29.9 Å². The molecule has 0 N–H and O–H groups in total. The van der Waals surface area contributed by atoms with Gasteiger partial charge < -0.3 is 9.42 Å². The van der Waals surface area contributed by atoms with Gasteiger partial charge in [0.05, 0.1) is 0 Å². The molecule has 0 atom stereocenters. The van der Waals surface area contributed by atoms with Crippen LogP contribution in [-0.4, -0.2) is 23.2 Å². The Bertz CT molecular complexity index is 817. The number of anilines is 1. The van der Waals surface area contributed by atoms with Crippen molar-refractivity contribution in [1.29, 1.82) is 0 Å². The number of aryl methyl sites for hydroxylation is 1. The molecule has 4 rings (SSSR count). The van der Waals surface area contributed by atoms with E-state index in [0.29, 0.717) is 11.7 Å². The van der Waals surface area contributed by atoms with Crippen molar-refractivity contribution in [3.63, 3.8) is 0 Å². The zero-order valence-corrected chi connectivity index (χ0v) is 13.9. The maximum atomic E-state index is 5.44. The minimum absolute atomic E-state index is 0.564. The number of nitrogens with zero attached hydrogens (tertiary/aromatic N) is 3. The maximum absolute atomic E-state index is 5.44. The van der Waals surface area contributed by atoms with Gasteiger partial charge in [-0.3, -0.25) is 0 Å². The summed E-state index contributed by atoms with van der Waals surface area (Å²) >= 11 is 0. The van der Waals surface area contributed by atoms with Crippen LogP contribution in [0.15, 0.2) is 53.1 Å². The van der Waals surface area contributed by atoms with Crippen LogP contribution in [0, 0.1) is 6.92 Å². The van der Waals surface area contributed by atoms with Gasteiger partial charge in [0.15, 0.2) is 0 Å². The lowest BCUT2D eigenvalue weighted by Crippen LogP contribution is -2.29. The van der Waals surface area contributed by atoms with Crippen LogP contribution in [-0.2, 0) is 0 Å². The van der Waals surface area contributed by atoms with Crippen molar-refractivity contribution in [2.24, 2.45) is 0 Å². The number of benzene rings is 2. The lowest BCUT2D eigenvalue weighted by atomic mass is 10.1. The van der Waals surface area contributed by atoms with E-state index in [2.05, 4.69) is 58.4 Å². The molecule has 0 spiro atoms. The number of rotatable bonds is 3. The fourth-order valence-electron chi connectivity index (χ4n) is 3.21. The molecular formula is C20H21N3O. The second-order valence-corrected chi connectivity index (χ2v) is 6.39. The van der Waals surface area contributed by atoms with Crippen molar-refractivity contribution < 1.29 is 4.52 Å². The SMILES string of the molecule is Cc1cccc(-c2nc(-c3ccc(N4CCCCC4)cc3)no2)c1. The highest BCUT2D eigenvalue weighted by molar-refractivity contribution is 5.63. The molecule has 122 valence electrons. The third kappa shape index (κ3) is 3.04. The largest absolute Gasteiger partial charge is 0.372 e. The zero-order chi connectivity index (χ0) is 16.4. The molecule has 1 aliphatic rings. The molecule has 2 aromatic carbocycles. The van der Waals surface area contributed by atoms with Gasteiger partial charge in [0.25, 0.3) is 5.89 Å². The van der Waals surface area contributed by atoms with E-state index in [1.807, 2.05) is 12.1 Å². The van der Waals surface area contributed by atoms with Gasteiger partial charge in [-0.15, -0.1) is 0 Å². The Morgan fingerprint density at radius 2 is 1.71 bits per heavy atom. The van der Waals surface area contributed by atoms with Crippen LogP contribution in [0.2, 0.25) is 0 Å². The second kappa shape index (κ2) is 6.48. The Labute approximate surface area is 142 Å². The van der Waals surface area contributed by atoms with E-state index in [-0.39, 0.29) is 0 Å². The Kier molecular flexibility index (Phi) is 4.03. The van der Waals surface area contributed by atoms with Crippen LogP contribution in [0.5, 0.6) is 0 Å². The van der Waals surface area contributed by atoms with E-state index in [4.69, 9.17) is 4.52 Å². The molecule has 2 heterocycles. The van der Waals surface area contributed by atoms with Crippen LogP contribution in [0.25, 0.3) is 22.8 Å². The molecule has 4 nitrogen and oxygen atoms in total. The fourth-order valence-corrected chi connectivity index (χ4v) is 3.21. The van der Waals surface area contributed by atoms with Crippen LogP contribution in [0.1, 0.15) is 24.8 Å². The molecular weight excluding hydrogens is 298 g/mol. The van der Waals surface area contributed by atoms with Crippen LogP contribution < -0.4 is 4.90 Å². The monoisotopic (exact) mass is 319 g/mol. The summed E-state index contributed by atoms with van der Waals surface area (Å²) < 4.78 is 5.44. The van der Waals surface area contributed by atoms with Crippen molar-refractivity contribution in [1.82, 2.24) is 10.1 Å². The summed E-state index contributed by atoms with van der Waals surface area (Å²) in [5.74, 6) is 1.20. The van der Waals surface area contributed by atoms with E-state index in [0.717, 1.165) is 24.2 Å². The lowest BCUT2D eigenvalue weighted by molar-refractivity contribution is 0.432. The molecule has 0 amide bonds. The van der Waals surface area contributed by atoms with Gasteiger partial charge in [-0.25, -0.2) is 0 Å². The molecule has 3 aromatic rings. The van der Waals surface area contributed by atoms with E-state index in [9.17, 15) is 0 Å². The van der Waals surface area contributed by atoms with Gasteiger partial charge in [0.1, 0.15) is 0 Å². The third-order valence-corrected chi connectivity index (χ3v) is 4.54. The van der Waals surface area contributed by atoms with Crippen molar-refractivity contribution in [3.8, 4) is 22.8 Å². The van der Waals surface area contributed by atoms with E-state index in [1.165, 1.54) is 30.5 Å². The van der Waals surface area contributed by atoms with Crippen molar-refractivity contribution in [2.75, 3.05) is 18.0 Å². The fraction of sp³-hybridized carbons (Fsp3) is 0.300. The quantitative estimate of drug-likeness (QED) is 0.701. The molecule has 0 radical (unpaired) electrons. The average molecular weight is 319 g/mol. The van der Waals surface area contributed by atoms with E-state index >= 15 is 0 Å². The molecule has 1 saturated heterocycles. The zero-order valence-electron chi connectivity index (χ0n) is 13.9. The highest BCUT2D eigenvalue weighted by Gasteiger charge is 2.13. The summed E-state index contributed by atoms with van der Waals surface area (Å²) in [7, 11) is 0. The highest BCUT2D eigenvalue weighted by atomic mass is 16.5. The topological polar surface area (TPSA) is 42.2 Å². The summed E-state index contributed by atoms with van der Waals surface area (Å²) in [5.41, 5.74) is 4.40. The van der Waals surface area contributed by atoms with Gasteiger partial charge >= 0.3 is 0 Å². The summed E-state index contributed by atoms with van der Waals surface area (Å²) in [6, 6.07) is 16.6. The summed E-state index contributed by atoms with van der Waals surface area (Å²) in [6.45, 7) is 4.36. The molecule has 0 unspecified atom stereocenters. The first kappa shape index (κ1) is 14.9. The Hall–Kier alpha value is -2.62. The van der Waals surface area contributed by atoms with Crippen molar-refractivity contribution in [2.45, 2.75) is 26.2 Å². The van der Waals surface area contributed by atoms with Gasteiger partial charge in [-0.2, -0.15) is 4.98 Å². The van der Waals surface area contributed by atoms with Crippen LogP contribution in [0.4, 0.5) is 5.69 Å². The Morgan fingerprint density at radius 1 is 0.917 bits per heavy atom. The Balaban J connectivity index is 1.56. The van der Waals surface area contributed by atoms with Crippen molar-refractivity contribution >= 4 is 5.69 Å². The summed E-state index contributed by atoms with van der Waals surface area (Å²) in [6.07, 6.45) is 3.91. The first-order valence-corrected chi connectivity index (χ1v) is 8.56. The minimum atomic E-state index is 0.564. The molecule has 1 aromatic heterocycles. The standard InChI is InChI=1S/C20H21N3O/c1-15-6-5-7-17(14-15)20-21-19(22-24-20)16-8-10-18(11-9-16)23-12-3-2-4-13-23/h5-11,14H,2-4,12-13H2,1H3. The lowest BCUT2D eigenvalue weighted by Gasteiger charge is -2.28. The van der Waals surface area contributed by atoms with Gasteiger partial charge in [-0.05, 0) is 62.6 Å². The number of piperidine rings is 1. The first-order chi connectivity index (χ1) is 11.8. The molecule has 4 heteroatoms. The van der Waals surface area contributed by atoms with Crippen LogP contribution >= 0.6 is 0 Å². The molecule has 24 heavy (non-hydrogen) atoms. The van der Waals surface area contributed by atoms with E-state index in [1.54, 1.807) is 0 Å². The second-order valence-electron chi connectivity index (χ2n) is 6.39. The molecule has 1 aliphatic heterocycles. The Morgan fingerprint density at radius 3 is 2.46 bits per heavy atom. The van der Waals surface area contributed by atoms with Gasteiger partial charge in [0.2, 0.25) is 5.82 Å². The number of aromatic nitrogens is 2. The smallest absolute Gasteiger partial charge is 0.258 e. The number of hydrogen-bond donors (Lipinski definition) is 0. The highest BCUT2D eigenvalue weighted by Crippen LogP contribution is 2.26. The number of hydrogen-bond acceptors (Lipinski definition) is 4. The van der Waals surface area contributed by atoms with Gasteiger partial charge in [-0.1, -0.05) is 22.9 Å². The third-order valence-electron chi connectivity index (χ3n) is 4.54. The summed E-state index contributed by atoms with van der Waals surface area (Å²) in [5, 5.41) is 4.13. The molecule has 0 bridgehead atoms. The average Bonchev–Trinajstić information content (AvgIpc) is 3.13. The first-order valence-electron chi connectivity index (χ1n) is 8.56. The van der Waals surface area contributed by atoms with Crippen molar-refractivity contribution in [3.05, 3.63) is 54.1 Å². The molecule has 0 aliphatic carbocycles. The maximum Gasteiger partial charge on any atom is 0.258 e. The summed E-state index contributed by atoms with van der Waals surface area (Å²) in [4.78, 5) is 6.99. The predicted octanol–water partition coefficient (Wildman–Crippen LogP) is 4.70. The minimum Gasteiger partial charge on any atom is -0.372 e.